The summed E-state index contributed by atoms with van der Waals surface area (Å²) in [6, 6.07) is 17.9. The molecule has 0 aliphatic carbocycles. The monoisotopic (exact) mass is 290 g/mol. The molecule has 0 N–H and O–H groups in total. The summed E-state index contributed by atoms with van der Waals surface area (Å²) in [5, 5.41) is 0. The summed E-state index contributed by atoms with van der Waals surface area (Å²) in [7, 11) is 0. The zero-order valence-corrected chi connectivity index (χ0v) is 11.8. The number of carbonyl (C=O) groups is 2. The summed E-state index contributed by atoms with van der Waals surface area (Å²) in [6.07, 6.45) is 3.02. The Morgan fingerprint density at radius 2 is 1.41 bits per heavy atom. The van der Waals surface area contributed by atoms with E-state index in [2.05, 4.69) is 4.90 Å². The Morgan fingerprint density at radius 1 is 0.773 bits per heavy atom. The van der Waals surface area contributed by atoms with E-state index in [4.69, 9.17) is 0 Å². The molecule has 2 aromatic carbocycles. The minimum atomic E-state index is -0.310. The topological polar surface area (TPSA) is 40.6 Å². The maximum Gasteiger partial charge on any atom is 0.255 e. The van der Waals surface area contributed by atoms with E-state index < -0.39 is 0 Å². The van der Waals surface area contributed by atoms with Crippen LogP contribution < -0.4 is 4.90 Å². The molecule has 0 saturated heterocycles. The Bertz CT molecular complexity index is 765. The molecule has 4 heteroatoms. The van der Waals surface area contributed by atoms with Crippen molar-refractivity contribution < 1.29 is 9.59 Å². The van der Waals surface area contributed by atoms with Gasteiger partial charge < -0.3 is 4.90 Å². The van der Waals surface area contributed by atoms with Gasteiger partial charge in [0.15, 0.2) is 0 Å². The van der Waals surface area contributed by atoms with Crippen LogP contribution in [-0.2, 0) is 16.0 Å². The summed E-state index contributed by atoms with van der Waals surface area (Å²) in [6.45, 7) is 0. The molecule has 4 rings (SSSR count). The summed E-state index contributed by atoms with van der Waals surface area (Å²) in [5.41, 5.74) is 3.17. The average Bonchev–Trinajstić information content (AvgIpc) is 3.08. The van der Waals surface area contributed by atoms with Gasteiger partial charge in [-0.3, -0.25) is 14.5 Å². The minimum absolute atomic E-state index is 0.247. The van der Waals surface area contributed by atoms with E-state index in [9.17, 15) is 9.59 Å². The summed E-state index contributed by atoms with van der Waals surface area (Å²) in [4.78, 5) is 27.6. The molecular formula is C18H14N2O2. The SMILES string of the molecule is O=C1C=CC(=O)N1C1Cc2ccccc2N1c1ccccc1. The number of carbonyl (C=O) groups excluding carboxylic acids is 2. The van der Waals surface area contributed by atoms with Gasteiger partial charge in [-0.25, -0.2) is 0 Å². The third-order valence-electron chi connectivity index (χ3n) is 4.13. The Morgan fingerprint density at radius 3 is 2.14 bits per heavy atom. The number of fused-ring (bicyclic) bond motifs is 1. The molecule has 0 spiro atoms. The van der Waals surface area contributed by atoms with Crippen LogP contribution in [-0.4, -0.2) is 22.9 Å². The molecule has 0 aromatic heterocycles. The first-order chi connectivity index (χ1) is 10.8. The van der Waals surface area contributed by atoms with E-state index >= 15 is 0 Å². The predicted octanol–water partition coefficient (Wildman–Crippen LogP) is 2.63. The van der Waals surface area contributed by atoms with Crippen molar-refractivity contribution in [1.82, 2.24) is 4.90 Å². The molecule has 2 aromatic rings. The molecule has 22 heavy (non-hydrogen) atoms. The molecular weight excluding hydrogens is 276 g/mol. The highest BCUT2D eigenvalue weighted by molar-refractivity contribution is 6.13. The smallest absolute Gasteiger partial charge is 0.255 e. The van der Waals surface area contributed by atoms with Gasteiger partial charge in [-0.2, -0.15) is 0 Å². The van der Waals surface area contributed by atoms with Gasteiger partial charge in [0.2, 0.25) is 0 Å². The standard InChI is InChI=1S/C18H14N2O2/c21-17-10-11-18(22)20(17)16-12-13-6-4-5-9-15(13)19(16)14-7-2-1-3-8-14/h1-11,16H,12H2. The van der Waals surface area contributed by atoms with Crippen molar-refractivity contribution in [2.24, 2.45) is 0 Å². The molecule has 0 saturated carbocycles. The first kappa shape index (κ1) is 12.8. The van der Waals surface area contributed by atoms with Gasteiger partial charge in [-0.1, -0.05) is 36.4 Å². The number of rotatable bonds is 2. The second-order valence-corrected chi connectivity index (χ2v) is 5.40. The highest BCUT2D eigenvalue weighted by Crippen LogP contribution is 2.39. The Kier molecular flexibility index (Phi) is 2.82. The molecule has 1 atom stereocenters. The van der Waals surface area contributed by atoms with Gasteiger partial charge in [0, 0.05) is 29.9 Å². The van der Waals surface area contributed by atoms with Crippen LogP contribution in [0.4, 0.5) is 11.4 Å². The molecule has 2 aliphatic heterocycles. The van der Waals surface area contributed by atoms with E-state index in [1.54, 1.807) is 0 Å². The second kappa shape index (κ2) is 4.84. The quantitative estimate of drug-likeness (QED) is 0.798. The zero-order chi connectivity index (χ0) is 15.1. The van der Waals surface area contributed by atoms with Crippen molar-refractivity contribution in [2.45, 2.75) is 12.6 Å². The fourth-order valence-electron chi connectivity index (χ4n) is 3.18. The fourth-order valence-corrected chi connectivity index (χ4v) is 3.18. The number of hydrogen-bond acceptors (Lipinski definition) is 3. The maximum absolute atomic E-state index is 12.1. The van der Waals surface area contributed by atoms with Crippen LogP contribution in [0.25, 0.3) is 0 Å². The lowest BCUT2D eigenvalue weighted by atomic mass is 10.1. The van der Waals surface area contributed by atoms with E-state index in [1.165, 1.54) is 17.1 Å². The molecule has 0 fully saturated rings. The second-order valence-electron chi connectivity index (χ2n) is 5.40. The van der Waals surface area contributed by atoms with Gasteiger partial charge in [-0.15, -0.1) is 0 Å². The van der Waals surface area contributed by atoms with E-state index in [0.717, 1.165) is 16.9 Å². The third-order valence-corrected chi connectivity index (χ3v) is 4.13. The number of anilines is 2. The van der Waals surface area contributed by atoms with Crippen LogP contribution in [0.2, 0.25) is 0 Å². The third kappa shape index (κ3) is 1.84. The number of para-hydroxylation sites is 2. The highest BCUT2D eigenvalue weighted by atomic mass is 16.2. The lowest BCUT2D eigenvalue weighted by Gasteiger charge is -2.33. The van der Waals surface area contributed by atoms with Gasteiger partial charge in [0.05, 0.1) is 0 Å². The Labute approximate surface area is 128 Å². The van der Waals surface area contributed by atoms with Crippen molar-refractivity contribution in [3.05, 3.63) is 72.3 Å². The van der Waals surface area contributed by atoms with Crippen molar-refractivity contribution >= 4 is 23.2 Å². The van der Waals surface area contributed by atoms with E-state index in [-0.39, 0.29) is 18.0 Å². The van der Waals surface area contributed by atoms with Gasteiger partial charge in [0.25, 0.3) is 11.8 Å². The molecule has 2 amide bonds. The van der Waals surface area contributed by atoms with Crippen LogP contribution in [0.3, 0.4) is 0 Å². The maximum atomic E-state index is 12.1. The number of imide groups is 1. The van der Waals surface area contributed by atoms with Crippen LogP contribution in [0.1, 0.15) is 5.56 Å². The number of benzene rings is 2. The Balaban J connectivity index is 1.82. The summed E-state index contributed by atoms with van der Waals surface area (Å²) in [5.74, 6) is -0.493. The number of hydrogen-bond donors (Lipinski definition) is 0. The average molecular weight is 290 g/mol. The first-order valence-corrected chi connectivity index (χ1v) is 7.23. The lowest BCUT2D eigenvalue weighted by molar-refractivity contribution is -0.139. The lowest BCUT2D eigenvalue weighted by Crippen LogP contribution is -2.48. The van der Waals surface area contributed by atoms with E-state index in [1.807, 2.05) is 54.6 Å². The largest absolute Gasteiger partial charge is 0.319 e. The van der Waals surface area contributed by atoms with E-state index in [0.29, 0.717) is 6.42 Å². The summed E-state index contributed by atoms with van der Waals surface area (Å²) < 4.78 is 0. The minimum Gasteiger partial charge on any atom is -0.319 e. The zero-order valence-electron chi connectivity index (χ0n) is 11.8. The molecule has 108 valence electrons. The van der Waals surface area contributed by atoms with Crippen LogP contribution in [0, 0.1) is 0 Å². The highest BCUT2D eigenvalue weighted by Gasteiger charge is 2.40. The van der Waals surface area contributed by atoms with Crippen molar-refractivity contribution in [3.63, 3.8) is 0 Å². The molecule has 2 aliphatic rings. The fraction of sp³-hybridized carbons (Fsp3) is 0.111. The molecule has 0 bridgehead atoms. The molecule has 4 nitrogen and oxygen atoms in total. The van der Waals surface area contributed by atoms with Gasteiger partial charge >= 0.3 is 0 Å². The van der Waals surface area contributed by atoms with Gasteiger partial charge in [0.1, 0.15) is 6.17 Å². The normalized spacial score (nSPS) is 19.9. The molecule has 2 heterocycles. The number of nitrogens with zero attached hydrogens (tertiary/aromatic N) is 2. The van der Waals surface area contributed by atoms with Crippen LogP contribution in [0.15, 0.2) is 66.7 Å². The summed E-state index contributed by atoms with van der Waals surface area (Å²) >= 11 is 0. The number of amides is 2. The van der Waals surface area contributed by atoms with Gasteiger partial charge in [-0.05, 0) is 23.8 Å². The predicted molar refractivity (Wildman–Crippen MR) is 83.5 cm³/mol. The first-order valence-electron chi connectivity index (χ1n) is 7.23. The van der Waals surface area contributed by atoms with Crippen LogP contribution in [0.5, 0.6) is 0 Å². The molecule has 1 unspecified atom stereocenters. The van der Waals surface area contributed by atoms with Crippen molar-refractivity contribution in [1.29, 1.82) is 0 Å². The molecule has 0 radical (unpaired) electrons. The van der Waals surface area contributed by atoms with Crippen molar-refractivity contribution in [3.8, 4) is 0 Å². The van der Waals surface area contributed by atoms with Crippen molar-refractivity contribution in [2.75, 3.05) is 4.90 Å². The Hall–Kier alpha value is -2.88. The van der Waals surface area contributed by atoms with Crippen LogP contribution >= 0.6 is 0 Å².